The van der Waals surface area contributed by atoms with Crippen molar-refractivity contribution in [1.82, 2.24) is 4.31 Å². The number of thiophene rings is 1. The summed E-state index contributed by atoms with van der Waals surface area (Å²) in [6.07, 6.45) is 6.80. The van der Waals surface area contributed by atoms with E-state index in [9.17, 15) is 8.42 Å². The van der Waals surface area contributed by atoms with Crippen molar-refractivity contribution in [3.63, 3.8) is 0 Å². The average molecular weight is 348 g/mol. The fourth-order valence-corrected chi connectivity index (χ4v) is 7.44. The van der Waals surface area contributed by atoms with Crippen molar-refractivity contribution in [3.8, 4) is 0 Å². The number of hydrogen-bond donors (Lipinski definition) is 0. The molecule has 0 amide bonds. The third-order valence-corrected chi connectivity index (χ3v) is 8.91. The van der Waals surface area contributed by atoms with Crippen LogP contribution in [0.3, 0.4) is 0 Å². The van der Waals surface area contributed by atoms with E-state index in [4.69, 9.17) is 11.6 Å². The van der Waals surface area contributed by atoms with E-state index in [0.717, 1.165) is 29.7 Å². The van der Waals surface area contributed by atoms with Gasteiger partial charge in [0.1, 0.15) is 4.21 Å². The molecule has 1 aliphatic carbocycles. The van der Waals surface area contributed by atoms with Gasteiger partial charge in [-0.25, -0.2) is 8.42 Å². The zero-order valence-corrected chi connectivity index (χ0v) is 14.7. The van der Waals surface area contributed by atoms with Crippen LogP contribution in [-0.4, -0.2) is 25.3 Å². The predicted molar refractivity (Wildman–Crippen MR) is 87.5 cm³/mol. The van der Waals surface area contributed by atoms with Gasteiger partial charge in [-0.1, -0.05) is 12.8 Å². The van der Waals surface area contributed by atoms with Crippen LogP contribution >= 0.6 is 22.9 Å². The summed E-state index contributed by atoms with van der Waals surface area (Å²) in [4.78, 5) is 0.965. The lowest BCUT2D eigenvalue weighted by molar-refractivity contribution is 0.129. The SMILES string of the molecule is Cc1cc(S(=O)(=O)N2CCC[C@H]3CCCC[C@H]32)sc1CCl. The van der Waals surface area contributed by atoms with Crippen molar-refractivity contribution in [2.24, 2.45) is 5.92 Å². The molecule has 0 spiro atoms. The second-order valence-corrected chi connectivity index (χ2v) is 9.70. The Morgan fingerprint density at radius 1 is 1.29 bits per heavy atom. The van der Waals surface area contributed by atoms with Crippen LogP contribution in [0.4, 0.5) is 0 Å². The van der Waals surface area contributed by atoms with Gasteiger partial charge in [0.15, 0.2) is 0 Å². The molecule has 0 bridgehead atoms. The minimum Gasteiger partial charge on any atom is -0.206 e. The van der Waals surface area contributed by atoms with Gasteiger partial charge in [0.2, 0.25) is 0 Å². The van der Waals surface area contributed by atoms with Crippen molar-refractivity contribution >= 4 is 33.0 Å². The zero-order valence-electron chi connectivity index (χ0n) is 12.3. The van der Waals surface area contributed by atoms with Gasteiger partial charge in [0.25, 0.3) is 10.0 Å². The van der Waals surface area contributed by atoms with E-state index in [-0.39, 0.29) is 6.04 Å². The minimum absolute atomic E-state index is 0.222. The topological polar surface area (TPSA) is 37.4 Å². The number of sulfonamides is 1. The summed E-state index contributed by atoms with van der Waals surface area (Å²) < 4.78 is 28.3. The monoisotopic (exact) mass is 347 g/mol. The molecule has 0 aromatic carbocycles. The molecule has 0 radical (unpaired) electrons. The maximum absolute atomic E-state index is 13.0. The first kappa shape index (κ1) is 15.8. The van der Waals surface area contributed by atoms with Gasteiger partial charge in [-0.3, -0.25) is 0 Å². The van der Waals surface area contributed by atoms with Crippen LogP contribution in [0, 0.1) is 12.8 Å². The molecule has 21 heavy (non-hydrogen) atoms. The summed E-state index contributed by atoms with van der Waals surface area (Å²) in [6, 6.07) is 2.02. The third kappa shape index (κ3) is 2.90. The molecule has 2 aliphatic rings. The summed E-state index contributed by atoms with van der Waals surface area (Å²) in [5.74, 6) is 0.953. The summed E-state index contributed by atoms with van der Waals surface area (Å²) in [5, 5.41) is 0. The summed E-state index contributed by atoms with van der Waals surface area (Å²) in [5.41, 5.74) is 0.991. The van der Waals surface area contributed by atoms with Gasteiger partial charge < -0.3 is 0 Å². The second-order valence-electron chi connectivity index (χ2n) is 6.18. The van der Waals surface area contributed by atoms with Gasteiger partial charge >= 0.3 is 0 Å². The molecule has 2 atom stereocenters. The van der Waals surface area contributed by atoms with Crippen LogP contribution in [0.5, 0.6) is 0 Å². The Labute approximate surface area is 136 Å². The molecule has 2 fully saturated rings. The summed E-state index contributed by atoms with van der Waals surface area (Å²) in [7, 11) is -3.35. The van der Waals surface area contributed by atoms with E-state index in [0.29, 0.717) is 22.6 Å². The first-order valence-electron chi connectivity index (χ1n) is 7.71. The molecule has 3 nitrogen and oxygen atoms in total. The van der Waals surface area contributed by atoms with Gasteiger partial charge in [0.05, 0.1) is 5.88 Å². The van der Waals surface area contributed by atoms with E-state index in [1.165, 1.54) is 30.6 Å². The predicted octanol–water partition coefficient (Wildman–Crippen LogP) is 4.14. The molecule has 1 aromatic heterocycles. The smallest absolute Gasteiger partial charge is 0.206 e. The Bertz CT molecular complexity index is 609. The fourth-order valence-electron chi connectivity index (χ4n) is 3.74. The van der Waals surface area contributed by atoms with E-state index < -0.39 is 10.0 Å². The molecule has 1 saturated carbocycles. The highest BCUT2D eigenvalue weighted by atomic mass is 35.5. The number of alkyl halides is 1. The van der Waals surface area contributed by atoms with Crippen molar-refractivity contribution in [1.29, 1.82) is 0 Å². The Balaban J connectivity index is 1.92. The van der Waals surface area contributed by atoms with E-state index in [1.54, 1.807) is 10.4 Å². The number of nitrogens with zero attached hydrogens (tertiary/aromatic N) is 1. The van der Waals surface area contributed by atoms with Gasteiger partial charge in [-0.05, 0) is 50.2 Å². The average Bonchev–Trinajstić information content (AvgIpc) is 2.88. The van der Waals surface area contributed by atoms with Crippen LogP contribution in [0.2, 0.25) is 0 Å². The molecule has 1 aliphatic heterocycles. The highest BCUT2D eigenvalue weighted by Gasteiger charge is 2.40. The number of aryl methyl sites for hydroxylation is 1. The van der Waals surface area contributed by atoms with E-state index in [2.05, 4.69) is 0 Å². The first-order valence-corrected chi connectivity index (χ1v) is 10.5. The first-order chi connectivity index (χ1) is 10.0. The van der Waals surface area contributed by atoms with E-state index >= 15 is 0 Å². The molecule has 1 saturated heterocycles. The largest absolute Gasteiger partial charge is 0.252 e. The molecule has 0 N–H and O–H groups in total. The standard InChI is InChI=1S/C15H22ClNO2S2/c1-11-9-15(20-14(11)10-16)21(18,19)17-8-4-6-12-5-2-3-7-13(12)17/h9,12-13H,2-8,10H2,1H3/t12-,13-/m1/s1. The van der Waals surface area contributed by atoms with E-state index in [1.807, 2.05) is 6.92 Å². The van der Waals surface area contributed by atoms with Crippen molar-refractivity contribution in [3.05, 3.63) is 16.5 Å². The molecule has 2 heterocycles. The van der Waals surface area contributed by atoms with Gasteiger partial charge in [-0.15, -0.1) is 22.9 Å². The molecular formula is C15H22ClNO2S2. The van der Waals surface area contributed by atoms with Crippen molar-refractivity contribution in [2.45, 2.75) is 61.6 Å². The zero-order chi connectivity index (χ0) is 15.0. The maximum Gasteiger partial charge on any atom is 0.252 e. The molecule has 3 rings (SSSR count). The second kappa shape index (κ2) is 6.19. The highest BCUT2D eigenvalue weighted by molar-refractivity contribution is 7.91. The van der Waals surface area contributed by atoms with Crippen LogP contribution in [0.1, 0.15) is 49.0 Å². The number of fused-ring (bicyclic) bond motifs is 1. The summed E-state index contributed by atoms with van der Waals surface area (Å²) >= 11 is 7.23. The molecule has 118 valence electrons. The lowest BCUT2D eigenvalue weighted by atomic mass is 9.79. The van der Waals surface area contributed by atoms with Crippen LogP contribution in [-0.2, 0) is 15.9 Å². The number of halogens is 1. The van der Waals surface area contributed by atoms with Crippen LogP contribution in [0.15, 0.2) is 10.3 Å². The third-order valence-electron chi connectivity index (χ3n) is 4.87. The highest BCUT2D eigenvalue weighted by Crippen LogP contribution is 2.39. The number of piperidine rings is 1. The Kier molecular flexibility index (Phi) is 4.65. The number of rotatable bonds is 3. The molecular weight excluding hydrogens is 326 g/mol. The Morgan fingerprint density at radius 3 is 2.71 bits per heavy atom. The Hall–Kier alpha value is -0.100. The maximum atomic E-state index is 13.0. The lowest BCUT2D eigenvalue weighted by Gasteiger charge is -2.42. The fraction of sp³-hybridized carbons (Fsp3) is 0.733. The van der Waals surface area contributed by atoms with Crippen molar-refractivity contribution < 1.29 is 8.42 Å². The normalized spacial score (nSPS) is 27.5. The summed E-state index contributed by atoms with van der Waals surface area (Å²) in [6.45, 7) is 2.61. The quantitative estimate of drug-likeness (QED) is 0.770. The van der Waals surface area contributed by atoms with Crippen molar-refractivity contribution in [2.75, 3.05) is 6.54 Å². The molecule has 1 aromatic rings. The number of hydrogen-bond acceptors (Lipinski definition) is 3. The molecule has 0 unspecified atom stereocenters. The lowest BCUT2D eigenvalue weighted by Crippen LogP contribution is -2.49. The Morgan fingerprint density at radius 2 is 2.00 bits per heavy atom. The van der Waals surface area contributed by atoms with Crippen LogP contribution < -0.4 is 0 Å². The molecule has 6 heteroatoms. The minimum atomic E-state index is -3.35. The van der Waals surface area contributed by atoms with Gasteiger partial charge in [0, 0.05) is 17.5 Å². The van der Waals surface area contributed by atoms with Crippen LogP contribution in [0.25, 0.3) is 0 Å². The van der Waals surface area contributed by atoms with Gasteiger partial charge in [-0.2, -0.15) is 4.31 Å².